The molecule has 1 rings (SSSR count). The highest BCUT2D eigenvalue weighted by molar-refractivity contribution is 5.93. The van der Waals surface area contributed by atoms with E-state index in [9.17, 15) is 9.70 Å². The van der Waals surface area contributed by atoms with Gasteiger partial charge in [-0.15, -0.1) is 4.91 Å². The summed E-state index contributed by atoms with van der Waals surface area (Å²) in [6.07, 6.45) is 0. The molecular weight excluding hydrogens is 210 g/mol. The fraction of sp³-hybridized carbons (Fsp3) is 0.100. The Morgan fingerprint density at radius 3 is 2.44 bits per heavy atom. The number of para-hydroxylation sites is 1. The molecule has 1 aromatic rings. The van der Waals surface area contributed by atoms with Gasteiger partial charge in [-0.25, -0.2) is 0 Å². The summed E-state index contributed by atoms with van der Waals surface area (Å²) in [6.45, 7) is 1.28. The number of nitrogens with one attached hydrogen (secondary N) is 2. The lowest BCUT2D eigenvalue weighted by atomic mass is 10.3. The molecule has 0 radical (unpaired) electrons. The third kappa shape index (κ3) is 3.09. The number of hydrazine groups is 1. The number of amides is 1. The van der Waals surface area contributed by atoms with Crippen LogP contribution in [0.5, 0.6) is 0 Å². The van der Waals surface area contributed by atoms with Gasteiger partial charge in [0.15, 0.2) is 5.70 Å². The predicted molar refractivity (Wildman–Crippen MR) is 59.3 cm³/mol. The molecule has 0 saturated carbocycles. The monoisotopic (exact) mass is 221 g/mol. The zero-order valence-electron chi connectivity index (χ0n) is 8.60. The number of hydrogen-bond acceptors (Lipinski definition) is 5. The summed E-state index contributed by atoms with van der Waals surface area (Å²) in [6, 6.07) is 8.90. The smallest absolute Gasteiger partial charge is 0.337 e. The summed E-state index contributed by atoms with van der Waals surface area (Å²) in [7, 11) is 0. The average molecular weight is 221 g/mol. The molecule has 1 aromatic carbocycles. The van der Waals surface area contributed by atoms with Crippen molar-refractivity contribution in [1.82, 2.24) is 5.43 Å². The van der Waals surface area contributed by atoms with Crippen molar-refractivity contribution in [3.8, 4) is 0 Å². The number of carbonyl (C=O) groups excluding carboxylic acids is 1. The molecule has 6 heteroatoms. The molecular formula is C10H11N3O3. The lowest BCUT2D eigenvalue weighted by molar-refractivity contribution is -0.115. The molecule has 0 atom stereocenters. The fourth-order valence-corrected chi connectivity index (χ4v) is 1.00. The molecule has 6 nitrogen and oxygen atoms in total. The second-order valence-corrected chi connectivity index (χ2v) is 2.97. The maximum Gasteiger partial charge on any atom is 0.337 e. The zero-order valence-corrected chi connectivity index (χ0v) is 8.60. The number of anilines is 1. The number of nitroso groups, excluding NO2 is 1. The van der Waals surface area contributed by atoms with Crippen molar-refractivity contribution in [3.05, 3.63) is 46.7 Å². The Morgan fingerprint density at radius 2 is 1.94 bits per heavy atom. The maximum absolute atomic E-state index is 11.0. The van der Waals surface area contributed by atoms with Gasteiger partial charge in [-0.3, -0.25) is 10.2 Å². The van der Waals surface area contributed by atoms with Gasteiger partial charge < -0.3 is 10.5 Å². The van der Waals surface area contributed by atoms with Gasteiger partial charge in [-0.2, -0.15) is 0 Å². The number of aliphatic hydroxyl groups is 1. The van der Waals surface area contributed by atoms with Gasteiger partial charge in [0, 0.05) is 5.18 Å². The molecule has 0 saturated heterocycles. The number of benzene rings is 1. The average Bonchev–Trinajstić information content (AvgIpc) is 2.30. The Morgan fingerprint density at radius 1 is 1.31 bits per heavy atom. The zero-order chi connectivity index (χ0) is 12.0. The molecule has 3 N–H and O–H groups in total. The first-order valence-electron chi connectivity index (χ1n) is 4.49. The molecule has 0 spiro atoms. The van der Waals surface area contributed by atoms with Crippen LogP contribution < -0.4 is 10.9 Å². The van der Waals surface area contributed by atoms with E-state index in [0.29, 0.717) is 5.69 Å². The summed E-state index contributed by atoms with van der Waals surface area (Å²) in [4.78, 5) is 21.0. The molecule has 84 valence electrons. The first-order chi connectivity index (χ1) is 7.65. The van der Waals surface area contributed by atoms with Gasteiger partial charge in [0.05, 0.1) is 5.69 Å². The number of rotatable bonds is 4. The first-order valence-corrected chi connectivity index (χ1v) is 4.49. The van der Waals surface area contributed by atoms with Crippen LogP contribution >= 0.6 is 0 Å². The van der Waals surface area contributed by atoms with E-state index in [1.54, 1.807) is 24.3 Å². The van der Waals surface area contributed by atoms with Crippen LogP contribution in [-0.2, 0) is 4.79 Å². The molecule has 1 amide bonds. The third-order valence-corrected chi connectivity index (χ3v) is 1.76. The SMILES string of the molecule is CC(O)=C(NNc1ccccc1)C(=O)N=O. The molecule has 0 fully saturated rings. The van der Waals surface area contributed by atoms with Crippen molar-refractivity contribution in [2.45, 2.75) is 6.92 Å². The van der Waals surface area contributed by atoms with Gasteiger partial charge in [-0.1, -0.05) is 18.2 Å². The van der Waals surface area contributed by atoms with E-state index in [1.807, 2.05) is 6.07 Å². The minimum absolute atomic E-state index is 0.279. The lowest BCUT2D eigenvalue weighted by Gasteiger charge is -2.10. The highest BCUT2D eigenvalue weighted by Gasteiger charge is 2.12. The van der Waals surface area contributed by atoms with Crippen molar-refractivity contribution in [2.75, 3.05) is 5.43 Å². The quantitative estimate of drug-likeness (QED) is 0.311. The minimum atomic E-state index is -1.07. The van der Waals surface area contributed by atoms with E-state index in [2.05, 4.69) is 16.0 Å². The van der Waals surface area contributed by atoms with Gasteiger partial charge in [-0.05, 0) is 19.1 Å². The summed E-state index contributed by atoms with van der Waals surface area (Å²) in [5.74, 6) is -1.38. The second kappa shape index (κ2) is 5.50. The predicted octanol–water partition coefficient (Wildman–Crippen LogP) is 1.69. The molecule has 0 aromatic heterocycles. The number of hydrogen-bond donors (Lipinski definition) is 3. The Balaban J connectivity index is 2.69. The molecule has 0 aliphatic rings. The van der Waals surface area contributed by atoms with Crippen molar-refractivity contribution in [2.24, 2.45) is 5.18 Å². The lowest BCUT2D eigenvalue weighted by Crippen LogP contribution is -2.26. The maximum atomic E-state index is 11.0. The third-order valence-electron chi connectivity index (χ3n) is 1.76. The number of carbonyl (C=O) groups is 1. The second-order valence-electron chi connectivity index (χ2n) is 2.97. The van der Waals surface area contributed by atoms with E-state index >= 15 is 0 Å². The molecule has 0 bridgehead atoms. The van der Waals surface area contributed by atoms with Crippen LogP contribution in [0.2, 0.25) is 0 Å². The van der Waals surface area contributed by atoms with Crippen LogP contribution in [-0.4, -0.2) is 11.0 Å². The topological polar surface area (TPSA) is 90.8 Å². The summed E-state index contributed by atoms with van der Waals surface area (Å²) in [5, 5.41) is 11.4. The minimum Gasteiger partial charge on any atom is -0.510 e. The number of aliphatic hydroxyl groups excluding tert-OH is 1. The highest BCUT2D eigenvalue weighted by atomic mass is 16.3. The van der Waals surface area contributed by atoms with Gasteiger partial charge in [0.1, 0.15) is 5.76 Å². The van der Waals surface area contributed by atoms with Crippen molar-refractivity contribution >= 4 is 11.6 Å². The Bertz CT molecular complexity index is 411. The standard InChI is InChI=1S/C10H11N3O3/c1-7(14)9(10(15)13-16)12-11-8-5-3-2-4-6-8/h2-6,11-12,14H,1H3. The van der Waals surface area contributed by atoms with Gasteiger partial charge in [0.2, 0.25) is 0 Å². The van der Waals surface area contributed by atoms with Crippen LogP contribution in [0, 0.1) is 4.91 Å². The van der Waals surface area contributed by atoms with Gasteiger partial charge in [0.25, 0.3) is 0 Å². The largest absolute Gasteiger partial charge is 0.510 e. The highest BCUT2D eigenvalue weighted by Crippen LogP contribution is 2.05. The Labute approximate surface area is 91.9 Å². The fourth-order valence-electron chi connectivity index (χ4n) is 1.00. The van der Waals surface area contributed by atoms with E-state index in [4.69, 9.17) is 5.11 Å². The van der Waals surface area contributed by atoms with Crippen LogP contribution in [0.15, 0.2) is 47.0 Å². The van der Waals surface area contributed by atoms with Gasteiger partial charge >= 0.3 is 5.91 Å². The molecule has 0 unspecified atom stereocenters. The molecule has 0 heterocycles. The number of nitrogens with zero attached hydrogens (tertiary/aromatic N) is 1. The van der Waals surface area contributed by atoms with Crippen LogP contribution in [0.25, 0.3) is 0 Å². The Hall–Kier alpha value is -2.37. The Kier molecular flexibility index (Phi) is 4.02. The molecule has 16 heavy (non-hydrogen) atoms. The van der Waals surface area contributed by atoms with E-state index in [0.717, 1.165) is 0 Å². The summed E-state index contributed by atoms with van der Waals surface area (Å²) >= 11 is 0. The van der Waals surface area contributed by atoms with Crippen LogP contribution in [0.1, 0.15) is 6.92 Å². The van der Waals surface area contributed by atoms with E-state index in [1.165, 1.54) is 6.92 Å². The molecule has 0 aliphatic carbocycles. The van der Waals surface area contributed by atoms with Crippen molar-refractivity contribution in [1.29, 1.82) is 0 Å². The van der Waals surface area contributed by atoms with Crippen LogP contribution in [0.3, 0.4) is 0 Å². The first kappa shape index (κ1) is 11.7. The van der Waals surface area contributed by atoms with Crippen molar-refractivity contribution in [3.63, 3.8) is 0 Å². The number of allylic oxidation sites excluding steroid dienone is 1. The van der Waals surface area contributed by atoms with Crippen molar-refractivity contribution < 1.29 is 9.90 Å². The van der Waals surface area contributed by atoms with E-state index < -0.39 is 5.91 Å². The summed E-state index contributed by atoms with van der Waals surface area (Å²) in [5.41, 5.74) is 5.48. The molecule has 0 aliphatic heterocycles. The normalized spacial score (nSPS) is 11.3. The van der Waals surface area contributed by atoms with Crippen LogP contribution in [0.4, 0.5) is 5.69 Å². The van der Waals surface area contributed by atoms with E-state index in [-0.39, 0.29) is 11.5 Å². The summed E-state index contributed by atoms with van der Waals surface area (Å²) < 4.78 is 0.